The topological polar surface area (TPSA) is 67.6 Å². The number of thioether (sulfide) groups is 1. The molecule has 0 unspecified atom stereocenters. The van der Waals surface area contributed by atoms with E-state index >= 15 is 0 Å². The average Bonchev–Trinajstić information content (AvgIpc) is 3.04. The maximum absolute atomic E-state index is 10.8. The van der Waals surface area contributed by atoms with Gasteiger partial charge in [-0.2, -0.15) is 11.8 Å². The minimum atomic E-state index is -0.432. The Bertz CT molecular complexity index is 575. The lowest BCUT2D eigenvalue weighted by Gasteiger charge is -2.43. The highest BCUT2D eigenvalue weighted by Gasteiger charge is 2.40. The summed E-state index contributed by atoms with van der Waals surface area (Å²) in [4.78, 5) is 12.9. The highest BCUT2D eigenvalue weighted by Crippen LogP contribution is 2.35. The summed E-state index contributed by atoms with van der Waals surface area (Å²) >= 11 is 8.16. The molecule has 0 saturated carbocycles. The van der Waals surface area contributed by atoms with Gasteiger partial charge < -0.3 is 10.1 Å². The number of nitrogens with zero attached hydrogens (tertiary/aromatic N) is 2. The summed E-state index contributed by atoms with van der Waals surface area (Å²) in [6.45, 7) is 4.26. The molecule has 2 saturated heterocycles. The van der Waals surface area contributed by atoms with Gasteiger partial charge in [0.15, 0.2) is 0 Å². The van der Waals surface area contributed by atoms with E-state index in [1.54, 1.807) is 6.07 Å². The minimum absolute atomic E-state index is 0.0138. The van der Waals surface area contributed by atoms with Gasteiger partial charge >= 0.3 is 0 Å². The van der Waals surface area contributed by atoms with Crippen molar-refractivity contribution in [2.75, 3.05) is 49.7 Å². The molecule has 0 aliphatic carbocycles. The fourth-order valence-corrected chi connectivity index (χ4v) is 4.87. The number of non-ortho nitro benzene ring substituents is 1. The Balaban J connectivity index is 1.70. The van der Waals surface area contributed by atoms with E-state index in [2.05, 4.69) is 10.2 Å². The summed E-state index contributed by atoms with van der Waals surface area (Å²) in [5, 5.41) is 14.6. The molecule has 2 aliphatic heterocycles. The van der Waals surface area contributed by atoms with Gasteiger partial charge in [0.2, 0.25) is 0 Å². The zero-order chi connectivity index (χ0) is 16.3. The third kappa shape index (κ3) is 3.74. The molecule has 1 atom stereocenters. The highest BCUT2D eigenvalue weighted by molar-refractivity contribution is 7.99. The molecule has 126 valence electrons. The monoisotopic (exact) mass is 357 g/mol. The van der Waals surface area contributed by atoms with Crippen LogP contribution < -0.4 is 5.32 Å². The molecule has 1 N–H and O–H groups in total. The van der Waals surface area contributed by atoms with Crippen LogP contribution in [0.25, 0.3) is 0 Å². The molecule has 0 radical (unpaired) electrons. The van der Waals surface area contributed by atoms with Gasteiger partial charge in [-0.25, -0.2) is 0 Å². The van der Waals surface area contributed by atoms with Crippen molar-refractivity contribution in [2.45, 2.75) is 12.0 Å². The van der Waals surface area contributed by atoms with Crippen LogP contribution in [0.3, 0.4) is 0 Å². The fraction of sp³-hybridized carbons (Fsp3) is 0.600. The van der Waals surface area contributed by atoms with Crippen LogP contribution in [-0.4, -0.2) is 59.7 Å². The quantitative estimate of drug-likeness (QED) is 0.645. The number of morpholine rings is 1. The summed E-state index contributed by atoms with van der Waals surface area (Å²) in [5.41, 5.74) is 0.876. The third-order valence-corrected chi connectivity index (χ3v) is 6.08. The Hall–Kier alpha value is -1.02. The van der Waals surface area contributed by atoms with Crippen molar-refractivity contribution in [3.63, 3.8) is 0 Å². The SMILES string of the molecule is O=[N+]([O-])c1ccc(NC[C@]2(N3CCOCC3)CCSC2)c(Cl)c1. The number of nitrogens with one attached hydrogen (secondary N) is 1. The molecule has 6 nitrogen and oxygen atoms in total. The van der Waals surface area contributed by atoms with Crippen LogP contribution >= 0.6 is 23.4 Å². The average molecular weight is 358 g/mol. The van der Waals surface area contributed by atoms with E-state index in [4.69, 9.17) is 16.3 Å². The zero-order valence-electron chi connectivity index (χ0n) is 12.8. The Morgan fingerprint density at radius 1 is 1.43 bits per heavy atom. The van der Waals surface area contributed by atoms with Gasteiger partial charge in [0.05, 0.1) is 28.8 Å². The lowest BCUT2D eigenvalue weighted by molar-refractivity contribution is -0.384. The lowest BCUT2D eigenvalue weighted by Crippen LogP contribution is -2.57. The first-order valence-electron chi connectivity index (χ1n) is 7.69. The molecule has 23 heavy (non-hydrogen) atoms. The van der Waals surface area contributed by atoms with Gasteiger partial charge in [-0.15, -0.1) is 0 Å². The van der Waals surface area contributed by atoms with Crippen molar-refractivity contribution < 1.29 is 9.66 Å². The van der Waals surface area contributed by atoms with Gasteiger partial charge in [-0.05, 0) is 18.2 Å². The van der Waals surface area contributed by atoms with E-state index in [-0.39, 0.29) is 11.2 Å². The smallest absolute Gasteiger partial charge is 0.271 e. The van der Waals surface area contributed by atoms with Crippen molar-refractivity contribution >= 4 is 34.7 Å². The van der Waals surface area contributed by atoms with Gasteiger partial charge in [0, 0.05) is 43.1 Å². The second-order valence-corrected chi connectivity index (χ2v) is 7.41. The number of benzene rings is 1. The Kier molecular flexibility index (Phi) is 5.31. The molecule has 0 bridgehead atoms. The first-order valence-corrected chi connectivity index (χ1v) is 9.22. The molecule has 8 heteroatoms. The minimum Gasteiger partial charge on any atom is -0.382 e. The predicted molar refractivity (Wildman–Crippen MR) is 93.7 cm³/mol. The zero-order valence-corrected chi connectivity index (χ0v) is 14.4. The van der Waals surface area contributed by atoms with E-state index in [0.29, 0.717) is 5.02 Å². The van der Waals surface area contributed by atoms with E-state index in [0.717, 1.165) is 56.5 Å². The summed E-state index contributed by atoms with van der Waals surface area (Å²) in [6, 6.07) is 4.57. The van der Waals surface area contributed by atoms with Crippen LogP contribution in [0, 0.1) is 10.1 Å². The Morgan fingerprint density at radius 2 is 2.22 bits per heavy atom. The van der Waals surface area contributed by atoms with E-state index < -0.39 is 4.92 Å². The fourth-order valence-electron chi connectivity index (χ4n) is 3.16. The molecule has 1 aromatic rings. The summed E-state index contributed by atoms with van der Waals surface area (Å²) < 4.78 is 5.47. The van der Waals surface area contributed by atoms with Crippen molar-refractivity contribution in [3.8, 4) is 0 Å². The predicted octanol–water partition coefficient (Wildman–Crippen LogP) is 2.87. The molecule has 0 spiro atoms. The first kappa shape index (κ1) is 16.8. The largest absolute Gasteiger partial charge is 0.382 e. The van der Waals surface area contributed by atoms with Gasteiger partial charge in [0.1, 0.15) is 0 Å². The summed E-state index contributed by atoms with van der Waals surface area (Å²) in [7, 11) is 0. The standard InChI is InChI=1S/C15H20ClN3O3S/c16-13-9-12(19(20)21)1-2-14(13)17-10-15(3-8-23-11-15)18-4-6-22-7-5-18/h1-2,9,17H,3-8,10-11H2/t15-/m1/s1. The molecule has 3 rings (SSSR count). The lowest BCUT2D eigenvalue weighted by atomic mass is 9.95. The van der Waals surface area contributed by atoms with Crippen LogP contribution in [0.5, 0.6) is 0 Å². The van der Waals surface area contributed by atoms with Crippen LogP contribution in [0.15, 0.2) is 18.2 Å². The second-order valence-electron chi connectivity index (χ2n) is 5.90. The normalized spacial score (nSPS) is 25.4. The molecule has 0 aromatic heterocycles. The van der Waals surface area contributed by atoms with Crippen LogP contribution in [-0.2, 0) is 4.74 Å². The summed E-state index contributed by atoms with van der Waals surface area (Å²) in [5.74, 6) is 2.25. The van der Waals surface area contributed by atoms with Crippen molar-refractivity contribution in [1.82, 2.24) is 4.90 Å². The van der Waals surface area contributed by atoms with Crippen molar-refractivity contribution in [2.24, 2.45) is 0 Å². The van der Waals surface area contributed by atoms with Crippen molar-refractivity contribution in [1.29, 1.82) is 0 Å². The number of nitro groups is 1. The van der Waals surface area contributed by atoms with Crippen molar-refractivity contribution in [3.05, 3.63) is 33.3 Å². The third-order valence-electron chi connectivity index (χ3n) is 4.54. The molecule has 1 aromatic carbocycles. The van der Waals surface area contributed by atoms with Gasteiger partial charge in [-0.3, -0.25) is 15.0 Å². The number of anilines is 1. The summed E-state index contributed by atoms with van der Waals surface area (Å²) in [6.07, 6.45) is 1.13. The Morgan fingerprint density at radius 3 is 2.83 bits per heavy atom. The number of hydrogen-bond acceptors (Lipinski definition) is 6. The number of halogens is 1. The number of ether oxygens (including phenoxy) is 1. The molecule has 2 fully saturated rings. The van der Waals surface area contributed by atoms with E-state index in [9.17, 15) is 10.1 Å². The molecular formula is C15H20ClN3O3S. The van der Waals surface area contributed by atoms with Gasteiger partial charge in [0.25, 0.3) is 5.69 Å². The number of nitro benzene ring substituents is 1. The molecule has 2 heterocycles. The Labute approximate surface area is 144 Å². The molecular weight excluding hydrogens is 338 g/mol. The molecule has 2 aliphatic rings. The van der Waals surface area contributed by atoms with E-state index in [1.807, 2.05) is 11.8 Å². The van der Waals surface area contributed by atoms with Crippen LogP contribution in [0.2, 0.25) is 5.02 Å². The number of hydrogen-bond donors (Lipinski definition) is 1. The van der Waals surface area contributed by atoms with Crippen LogP contribution in [0.1, 0.15) is 6.42 Å². The highest BCUT2D eigenvalue weighted by atomic mass is 35.5. The maximum atomic E-state index is 10.8. The van der Waals surface area contributed by atoms with E-state index in [1.165, 1.54) is 12.1 Å². The van der Waals surface area contributed by atoms with Gasteiger partial charge in [-0.1, -0.05) is 11.6 Å². The number of rotatable bonds is 5. The molecule has 0 amide bonds. The maximum Gasteiger partial charge on any atom is 0.271 e. The first-order chi connectivity index (χ1) is 11.1. The second kappa shape index (κ2) is 7.25. The van der Waals surface area contributed by atoms with Crippen LogP contribution in [0.4, 0.5) is 11.4 Å².